The first-order valence-corrected chi connectivity index (χ1v) is 10.9. The zero-order valence-electron chi connectivity index (χ0n) is 18.4. The fourth-order valence-electron chi connectivity index (χ4n) is 3.07. The molecule has 0 saturated heterocycles. The summed E-state index contributed by atoms with van der Waals surface area (Å²) in [6.45, 7) is 2.82. The van der Waals surface area contributed by atoms with Gasteiger partial charge in [0, 0.05) is 16.8 Å². The van der Waals surface area contributed by atoms with E-state index in [0.29, 0.717) is 21.9 Å². The molecule has 0 aliphatic carbocycles. The van der Waals surface area contributed by atoms with Gasteiger partial charge in [-0.1, -0.05) is 22.9 Å². The van der Waals surface area contributed by atoms with Crippen LogP contribution in [0.2, 0.25) is 5.02 Å². The summed E-state index contributed by atoms with van der Waals surface area (Å²) in [5, 5.41) is 18.4. The van der Waals surface area contributed by atoms with E-state index >= 15 is 0 Å². The maximum Gasteiger partial charge on any atom is 1.00 e. The van der Waals surface area contributed by atoms with Gasteiger partial charge in [0.05, 0.1) is 21.9 Å². The molecule has 4 rings (SSSR count). The van der Waals surface area contributed by atoms with Gasteiger partial charge in [0.2, 0.25) is 5.65 Å². The van der Waals surface area contributed by atoms with E-state index < -0.39 is 21.4 Å². The van der Waals surface area contributed by atoms with Crippen LogP contribution >= 0.6 is 11.6 Å². The topological polar surface area (TPSA) is 110 Å². The van der Waals surface area contributed by atoms with E-state index in [4.69, 9.17) is 11.6 Å². The van der Waals surface area contributed by atoms with Gasteiger partial charge in [-0.05, 0) is 56.3 Å². The molecular formula is C20H18ClFN5NaO3S. The van der Waals surface area contributed by atoms with Crippen LogP contribution in [-0.2, 0) is 15.6 Å². The first kappa shape index (κ1) is 24.6. The molecule has 0 bridgehead atoms. The molecule has 0 saturated carbocycles. The van der Waals surface area contributed by atoms with Crippen molar-refractivity contribution >= 4 is 38.5 Å². The zero-order valence-corrected chi connectivity index (χ0v) is 21.0. The summed E-state index contributed by atoms with van der Waals surface area (Å²) in [6, 6.07) is 11.3. The maximum absolute atomic E-state index is 14.4. The van der Waals surface area contributed by atoms with Gasteiger partial charge in [-0.2, -0.15) is 0 Å². The molecule has 162 valence electrons. The van der Waals surface area contributed by atoms with Crippen LogP contribution in [0.15, 0.2) is 59.6 Å². The number of anilines is 1. The summed E-state index contributed by atoms with van der Waals surface area (Å²) in [4.78, 5) is 3.81. The summed E-state index contributed by atoms with van der Waals surface area (Å²) in [7, 11) is -4.17. The fraction of sp³-hybridized carbons (Fsp3) is 0.150. The minimum Gasteiger partial charge on any atom is -1.00 e. The number of fused-ring (bicyclic) bond motifs is 1. The van der Waals surface area contributed by atoms with Crippen molar-refractivity contribution in [3.05, 3.63) is 71.1 Å². The van der Waals surface area contributed by atoms with E-state index in [0.717, 1.165) is 6.07 Å². The molecule has 32 heavy (non-hydrogen) atoms. The number of hydrogen-bond donors (Lipinski definition) is 2. The molecule has 0 fully saturated rings. The second kappa shape index (κ2) is 9.05. The number of nitrogens with zero attached hydrogens (tertiary/aromatic N) is 4. The van der Waals surface area contributed by atoms with Crippen LogP contribution < -0.4 is 34.3 Å². The quantitative estimate of drug-likeness (QED) is 0.404. The van der Waals surface area contributed by atoms with Crippen molar-refractivity contribution in [3.63, 3.8) is 0 Å². The summed E-state index contributed by atoms with van der Waals surface area (Å²) < 4.78 is 44.2. The van der Waals surface area contributed by atoms with Gasteiger partial charge in [0.15, 0.2) is 0 Å². The first-order valence-electron chi connectivity index (χ1n) is 9.08. The van der Waals surface area contributed by atoms with Gasteiger partial charge < -0.3 is 6.53 Å². The van der Waals surface area contributed by atoms with Gasteiger partial charge in [-0.25, -0.2) is 22.5 Å². The Bertz CT molecular complexity index is 1410. The van der Waals surface area contributed by atoms with Crippen LogP contribution in [-0.4, -0.2) is 33.5 Å². The van der Waals surface area contributed by atoms with Crippen LogP contribution in [0.4, 0.5) is 10.1 Å². The van der Waals surface area contributed by atoms with Crippen molar-refractivity contribution in [3.8, 4) is 5.69 Å². The molecule has 0 spiro atoms. The molecule has 0 unspecified atom stereocenters. The molecule has 0 aliphatic heterocycles. The number of rotatable bonds is 5. The number of sulfonamides is 1. The van der Waals surface area contributed by atoms with Gasteiger partial charge in [-0.15, -0.1) is 5.10 Å². The van der Waals surface area contributed by atoms with Crippen molar-refractivity contribution in [1.82, 2.24) is 20.0 Å². The Morgan fingerprint density at radius 3 is 2.62 bits per heavy atom. The molecule has 2 N–H and O–H groups in total. The molecule has 2 heterocycles. The average Bonchev–Trinajstić information content (AvgIpc) is 3.12. The van der Waals surface area contributed by atoms with Crippen molar-refractivity contribution in [2.45, 2.75) is 24.3 Å². The second-order valence-corrected chi connectivity index (χ2v) is 9.43. The number of hydrogen-bond acceptors (Lipinski definition) is 6. The molecular weight excluding hydrogens is 468 g/mol. The fourth-order valence-corrected chi connectivity index (χ4v) is 4.33. The van der Waals surface area contributed by atoms with Crippen LogP contribution in [0.1, 0.15) is 20.8 Å². The number of aliphatic hydroxyl groups is 1. The van der Waals surface area contributed by atoms with Gasteiger partial charge in [-0.3, -0.25) is 4.72 Å². The van der Waals surface area contributed by atoms with E-state index in [-0.39, 0.29) is 47.1 Å². The predicted octanol–water partition coefficient (Wildman–Crippen LogP) is 0.753. The molecule has 8 nitrogen and oxygen atoms in total. The summed E-state index contributed by atoms with van der Waals surface area (Å²) >= 11 is 6.13. The first-order chi connectivity index (χ1) is 14.6. The largest absolute Gasteiger partial charge is 1.00 e. The molecule has 2 aromatic heterocycles. The Balaban J connectivity index is 0.00000193. The maximum atomic E-state index is 14.4. The molecule has 4 aromatic rings. The Morgan fingerprint density at radius 2 is 1.94 bits per heavy atom. The van der Waals surface area contributed by atoms with E-state index in [1.807, 2.05) is 0 Å². The normalized spacial score (nSPS) is 11.9. The average molecular weight is 486 g/mol. The predicted molar refractivity (Wildman–Crippen MR) is 115 cm³/mol. The summed E-state index contributed by atoms with van der Waals surface area (Å²) in [6.07, 6.45) is 1.56. The molecule has 0 radical (unpaired) electrons. The Hall–Kier alpha value is -2.08. The number of nitrogens with one attached hydrogen (secondary N) is 1. The van der Waals surface area contributed by atoms with Crippen LogP contribution in [0.5, 0.6) is 0 Å². The van der Waals surface area contributed by atoms with Crippen molar-refractivity contribution in [1.29, 1.82) is 0 Å². The van der Waals surface area contributed by atoms with E-state index in [2.05, 4.69) is 20.0 Å². The second-order valence-electron chi connectivity index (χ2n) is 7.32. The molecule has 0 aliphatic rings. The summed E-state index contributed by atoms with van der Waals surface area (Å²) in [5.74, 6) is -0.833. The standard InChI is InChI=1S/C20H17ClFN5O3S.Na.H/c1-20(2,28)14-7-6-13(11-15(14)22)31(29,30)25-16-8-5-12(21)10-18(16)27-17-4-3-9-23-19(17)24-26-27;;/h3-11,25,28H,1-2H3;;/q;+1;-1. The minimum atomic E-state index is -4.17. The third kappa shape index (κ3) is 4.80. The van der Waals surface area contributed by atoms with E-state index in [1.165, 1.54) is 48.9 Å². The van der Waals surface area contributed by atoms with Gasteiger partial charge >= 0.3 is 29.6 Å². The van der Waals surface area contributed by atoms with Crippen LogP contribution in [0, 0.1) is 5.82 Å². The van der Waals surface area contributed by atoms with Crippen molar-refractivity contribution < 1.29 is 48.9 Å². The third-order valence-electron chi connectivity index (χ3n) is 4.57. The number of benzene rings is 2. The Morgan fingerprint density at radius 1 is 1.19 bits per heavy atom. The third-order valence-corrected chi connectivity index (χ3v) is 6.16. The molecule has 0 amide bonds. The number of pyridine rings is 1. The molecule has 12 heteroatoms. The van der Waals surface area contributed by atoms with E-state index in [1.54, 1.807) is 18.3 Å². The van der Waals surface area contributed by atoms with Crippen LogP contribution in [0.25, 0.3) is 16.9 Å². The van der Waals surface area contributed by atoms with Crippen LogP contribution in [0.3, 0.4) is 0 Å². The van der Waals surface area contributed by atoms with Gasteiger partial charge in [0.25, 0.3) is 10.0 Å². The van der Waals surface area contributed by atoms with E-state index in [9.17, 15) is 17.9 Å². The Kier molecular flexibility index (Phi) is 6.94. The number of aromatic nitrogens is 4. The number of halogens is 2. The monoisotopic (exact) mass is 485 g/mol. The zero-order chi connectivity index (χ0) is 22.4. The SMILES string of the molecule is CC(C)(O)c1ccc(S(=O)(=O)Nc2ccc(Cl)cc2-n2nnc3ncccc32)cc1F.[H-].[Na+]. The Labute approximate surface area is 212 Å². The van der Waals surface area contributed by atoms with Crippen molar-refractivity contribution in [2.75, 3.05) is 4.72 Å². The van der Waals surface area contributed by atoms with Crippen molar-refractivity contribution in [2.24, 2.45) is 0 Å². The molecule has 2 aromatic carbocycles. The smallest absolute Gasteiger partial charge is 1.00 e. The molecule has 0 atom stereocenters. The minimum absolute atomic E-state index is 0. The summed E-state index contributed by atoms with van der Waals surface area (Å²) in [5.41, 5.74) is -0.0653. The van der Waals surface area contributed by atoms with Gasteiger partial charge in [0.1, 0.15) is 11.3 Å².